The summed E-state index contributed by atoms with van der Waals surface area (Å²) < 4.78 is 0. The van der Waals surface area contributed by atoms with E-state index in [0.717, 1.165) is 48.5 Å². The van der Waals surface area contributed by atoms with Gasteiger partial charge in [0, 0.05) is 43.2 Å². The zero-order valence-corrected chi connectivity index (χ0v) is 13.6. The molecule has 2 aromatic heterocycles. The first-order valence-corrected chi connectivity index (χ1v) is 8.22. The van der Waals surface area contributed by atoms with Gasteiger partial charge >= 0.3 is 0 Å². The number of nitrogens with one attached hydrogen (secondary N) is 1. The van der Waals surface area contributed by atoms with Gasteiger partial charge in [-0.2, -0.15) is 0 Å². The molecule has 1 aliphatic rings. The monoisotopic (exact) mass is 321 g/mol. The molecule has 1 saturated heterocycles. The van der Waals surface area contributed by atoms with Crippen molar-refractivity contribution in [1.29, 1.82) is 0 Å². The Morgan fingerprint density at radius 3 is 2.83 bits per heavy atom. The van der Waals surface area contributed by atoms with Crippen LogP contribution in [-0.4, -0.2) is 43.8 Å². The minimum atomic E-state index is 0.0850. The minimum absolute atomic E-state index is 0.0850. The summed E-state index contributed by atoms with van der Waals surface area (Å²) in [5.74, 6) is 1.33. The topological polar surface area (TPSA) is 74.8 Å². The van der Waals surface area contributed by atoms with Gasteiger partial charge < -0.3 is 9.88 Å². The van der Waals surface area contributed by atoms with Gasteiger partial charge in [0.1, 0.15) is 5.82 Å². The second-order valence-electron chi connectivity index (χ2n) is 6.25. The summed E-state index contributed by atoms with van der Waals surface area (Å²) in [4.78, 5) is 30.8. The largest absolute Gasteiger partial charge is 0.342 e. The number of nitrogens with zero attached hydrogens (tertiary/aromatic N) is 4. The summed E-state index contributed by atoms with van der Waals surface area (Å²) in [7, 11) is 0. The fourth-order valence-electron chi connectivity index (χ4n) is 3.35. The molecule has 1 aliphatic heterocycles. The molecule has 0 bridgehead atoms. The third kappa shape index (κ3) is 2.75. The van der Waals surface area contributed by atoms with E-state index in [1.54, 1.807) is 12.4 Å². The van der Waals surface area contributed by atoms with E-state index in [1.807, 2.05) is 36.2 Å². The average molecular weight is 321 g/mol. The van der Waals surface area contributed by atoms with Gasteiger partial charge in [-0.3, -0.25) is 14.8 Å². The second kappa shape index (κ2) is 6.03. The zero-order valence-electron chi connectivity index (χ0n) is 13.6. The van der Waals surface area contributed by atoms with Crippen LogP contribution in [0.3, 0.4) is 0 Å². The number of fused-ring (bicyclic) bond motifs is 1. The summed E-state index contributed by atoms with van der Waals surface area (Å²) in [5, 5.41) is 0. The summed E-state index contributed by atoms with van der Waals surface area (Å²) in [5.41, 5.74) is 3.54. The van der Waals surface area contributed by atoms with Crippen molar-refractivity contribution >= 4 is 16.9 Å². The number of hydrogen-bond donors (Lipinski definition) is 1. The Hall–Kier alpha value is -2.76. The Bertz CT molecular complexity index is 866. The van der Waals surface area contributed by atoms with Crippen LogP contribution in [0.2, 0.25) is 0 Å². The van der Waals surface area contributed by atoms with Crippen molar-refractivity contribution in [3.8, 4) is 0 Å². The first-order valence-electron chi connectivity index (χ1n) is 8.22. The van der Waals surface area contributed by atoms with E-state index >= 15 is 0 Å². The SMILES string of the molecule is Cc1nc2ccc(C(=O)N3CCC(c4cnccn4)CC3)cc2[nH]1. The van der Waals surface area contributed by atoms with Gasteiger partial charge in [-0.15, -0.1) is 0 Å². The van der Waals surface area contributed by atoms with Gasteiger partial charge in [0.2, 0.25) is 0 Å². The summed E-state index contributed by atoms with van der Waals surface area (Å²) in [6.45, 7) is 3.42. The molecule has 1 N–H and O–H groups in total. The number of amides is 1. The number of aromatic nitrogens is 4. The van der Waals surface area contributed by atoms with Crippen LogP contribution in [0.5, 0.6) is 0 Å². The molecule has 24 heavy (non-hydrogen) atoms. The highest BCUT2D eigenvalue weighted by atomic mass is 16.2. The van der Waals surface area contributed by atoms with Gasteiger partial charge in [0.25, 0.3) is 5.91 Å². The van der Waals surface area contributed by atoms with Crippen molar-refractivity contribution < 1.29 is 4.79 Å². The molecule has 1 aromatic carbocycles. The van der Waals surface area contributed by atoms with Crippen molar-refractivity contribution in [2.45, 2.75) is 25.7 Å². The van der Waals surface area contributed by atoms with Crippen LogP contribution in [0.25, 0.3) is 11.0 Å². The number of carbonyl (C=O) groups excluding carboxylic acids is 1. The Balaban J connectivity index is 1.47. The van der Waals surface area contributed by atoms with Crippen molar-refractivity contribution in [1.82, 2.24) is 24.8 Å². The normalized spacial score (nSPS) is 15.8. The number of rotatable bonds is 2. The van der Waals surface area contributed by atoms with E-state index in [1.165, 1.54) is 0 Å². The zero-order chi connectivity index (χ0) is 16.5. The molecule has 0 unspecified atom stereocenters. The fraction of sp³-hybridized carbons (Fsp3) is 0.333. The van der Waals surface area contributed by atoms with Gasteiger partial charge in [-0.25, -0.2) is 4.98 Å². The number of aryl methyl sites for hydroxylation is 1. The molecule has 3 aromatic rings. The predicted molar refractivity (Wildman–Crippen MR) is 90.7 cm³/mol. The van der Waals surface area contributed by atoms with Crippen molar-refractivity contribution in [3.63, 3.8) is 0 Å². The number of piperidine rings is 1. The molecule has 0 saturated carbocycles. The number of benzene rings is 1. The molecule has 0 aliphatic carbocycles. The second-order valence-corrected chi connectivity index (χ2v) is 6.25. The Morgan fingerprint density at radius 2 is 2.08 bits per heavy atom. The lowest BCUT2D eigenvalue weighted by Gasteiger charge is -2.31. The lowest BCUT2D eigenvalue weighted by Crippen LogP contribution is -2.38. The molecule has 4 rings (SSSR count). The number of likely N-dealkylation sites (tertiary alicyclic amines) is 1. The van der Waals surface area contributed by atoms with Crippen LogP contribution >= 0.6 is 0 Å². The highest BCUT2D eigenvalue weighted by Gasteiger charge is 2.25. The molecular formula is C18H19N5O. The molecule has 6 heteroatoms. The molecule has 122 valence electrons. The Kier molecular flexibility index (Phi) is 3.72. The quantitative estimate of drug-likeness (QED) is 0.787. The molecule has 1 fully saturated rings. The molecule has 0 spiro atoms. The maximum Gasteiger partial charge on any atom is 0.253 e. The van der Waals surface area contributed by atoms with E-state index in [2.05, 4.69) is 19.9 Å². The fourth-order valence-corrected chi connectivity index (χ4v) is 3.35. The van der Waals surface area contributed by atoms with Crippen LogP contribution < -0.4 is 0 Å². The van der Waals surface area contributed by atoms with Crippen LogP contribution in [0.15, 0.2) is 36.8 Å². The van der Waals surface area contributed by atoms with Crippen LogP contribution in [0.4, 0.5) is 0 Å². The average Bonchev–Trinajstić information content (AvgIpc) is 3.01. The Labute approximate surface area is 140 Å². The van der Waals surface area contributed by atoms with E-state index in [0.29, 0.717) is 11.5 Å². The highest BCUT2D eigenvalue weighted by molar-refractivity contribution is 5.97. The van der Waals surface area contributed by atoms with Gasteiger partial charge in [-0.05, 0) is 38.0 Å². The molecule has 0 radical (unpaired) electrons. The van der Waals surface area contributed by atoms with Gasteiger partial charge in [0.15, 0.2) is 0 Å². The number of imidazole rings is 1. The van der Waals surface area contributed by atoms with Gasteiger partial charge in [0.05, 0.1) is 16.7 Å². The van der Waals surface area contributed by atoms with Gasteiger partial charge in [-0.1, -0.05) is 0 Å². The molecule has 1 amide bonds. The minimum Gasteiger partial charge on any atom is -0.342 e. The van der Waals surface area contributed by atoms with E-state index in [9.17, 15) is 4.79 Å². The first kappa shape index (κ1) is 14.8. The van der Waals surface area contributed by atoms with Crippen molar-refractivity contribution in [3.05, 3.63) is 53.9 Å². The van der Waals surface area contributed by atoms with Crippen LogP contribution in [0.1, 0.15) is 40.6 Å². The lowest BCUT2D eigenvalue weighted by atomic mass is 9.93. The maximum atomic E-state index is 12.8. The molecular weight excluding hydrogens is 302 g/mol. The smallest absolute Gasteiger partial charge is 0.253 e. The van der Waals surface area contributed by atoms with Crippen LogP contribution in [-0.2, 0) is 0 Å². The third-order valence-corrected chi connectivity index (χ3v) is 4.63. The van der Waals surface area contributed by atoms with E-state index < -0.39 is 0 Å². The number of aromatic amines is 1. The molecule has 6 nitrogen and oxygen atoms in total. The van der Waals surface area contributed by atoms with Crippen molar-refractivity contribution in [2.24, 2.45) is 0 Å². The van der Waals surface area contributed by atoms with E-state index in [4.69, 9.17) is 0 Å². The standard InChI is InChI=1S/C18H19N5O/c1-12-21-15-3-2-14(10-16(15)22-12)18(24)23-8-4-13(5-9-23)17-11-19-6-7-20-17/h2-3,6-7,10-11,13H,4-5,8-9H2,1H3,(H,21,22). The predicted octanol–water partition coefficient (Wildman–Crippen LogP) is 2.68. The van der Waals surface area contributed by atoms with E-state index in [-0.39, 0.29) is 5.91 Å². The lowest BCUT2D eigenvalue weighted by molar-refractivity contribution is 0.0712. The molecule has 0 atom stereocenters. The third-order valence-electron chi connectivity index (χ3n) is 4.63. The number of H-pyrrole nitrogens is 1. The first-order chi connectivity index (χ1) is 11.7. The maximum absolute atomic E-state index is 12.8. The molecule has 3 heterocycles. The highest BCUT2D eigenvalue weighted by Crippen LogP contribution is 2.27. The summed E-state index contributed by atoms with van der Waals surface area (Å²) in [6, 6.07) is 5.66. The van der Waals surface area contributed by atoms with Crippen molar-refractivity contribution in [2.75, 3.05) is 13.1 Å². The summed E-state index contributed by atoms with van der Waals surface area (Å²) in [6.07, 6.45) is 7.10. The summed E-state index contributed by atoms with van der Waals surface area (Å²) >= 11 is 0. The number of hydrogen-bond acceptors (Lipinski definition) is 4. The Morgan fingerprint density at radius 1 is 1.25 bits per heavy atom. The number of carbonyl (C=O) groups is 1. The van der Waals surface area contributed by atoms with Crippen LogP contribution in [0, 0.1) is 6.92 Å².